The maximum atomic E-state index is 5.80. The molecule has 0 fully saturated rings. The van der Waals surface area contributed by atoms with Gasteiger partial charge in [-0.3, -0.25) is 0 Å². The second kappa shape index (κ2) is 4.76. The minimum Gasteiger partial charge on any atom is -0.326 e. The Hall–Kier alpha value is -1.20. The van der Waals surface area contributed by atoms with Crippen LogP contribution in [0.15, 0.2) is 11.6 Å². The van der Waals surface area contributed by atoms with Crippen LogP contribution >= 0.6 is 11.3 Å². The van der Waals surface area contributed by atoms with Gasteiger partial charge in [0.1, 0.15) is 0 Å². The quantitative estimate of drug-likeness (QED) is 0.882. The van der Waals surface area contributed by atoms with E-state index >= 15 is 0 Å². The van der Waals surface area contributed by atoms with Gasteiger partial charge in [-0.25, -0.2) is 9.67 Å². The number of nitrogens with zero attached hydrogens (tertiary/aromatic N) is 3. The molecule has 0 spiro atoms. The van der Waals surface area contributed by atoms with Gasteiger partial charge in [-0.05, 0) is 12.8 Å². The third-order valence-electron chi connectivity index (χ3n) is 2.65. The minimum absolute atomic E-state index is 0.553. The van der Waals surface area contributed by atoms with E-state index in [1.54, 1.807) is 17.5 Å². The molecule has 0 radical (unpaired) electrons. The molecule has 0 bridgehead atoms. The SMILES string of the molecule is CCc1nn(-c2nccs2)c(CC)c1CN. The van der Waals surface area contributed by atoms with Crippen molar-refractivity contribution in [3.05, 3.63) is 28.5 Å². The molecule has 0 aliphatic rings. The number of thiazole rings is 1. The first kappa shape index (κ1) is 11.3. The van der Waals surface area contributed by atoms with Crippen LogP contribution in [0, 0.1) is 0 Å². The molecule has 0 unspecified atom stereocenters. The standard InChI is InChI=1S/C11H16N4S/c1-3-9-8(7-12)10(4-2)15(14-9)11-13-5-6-16-11/h5-6H,3-4,7,12H2,1-2H3. The van der Waals surface area contributed by atoms with E-state index in [4.69, 9.17) is 5.73 Å². The van der Waals surface area contributed by atoms with Crippen molar-refractivity contribution in [1.29, 1.82) is 0 Å². The van der Waals surface area contributed by atoms with E-state index in [-0.39, 0.29) is 0 Å². The summed E-state index contributed by atoms with van der Waals surface area (Å²) in [4.78, 5) is 4.30. The van der Waals surface area contributed by atoms with E-state index in [1.165, 1.54) is 11.3 Å². The van der Waals surface area contributed by atoms with Crippen LogP contribution in [0.25, 0.3) is 5.13 Å². The number of aryl methyl sites for hydroxylation is 1. The zero-order chi connectivity index (χ0) is 11.5. The first-order chi connectivity index (χ1) is 7.81. The number of nitrogens with two attached hydrogens (primary N) is 1. The van der Waals surface area contributed by atoms with Crippen molar-refractivity contribution in [1.82, 2.24) is 14.8 Å². The molecule has 2 heterocycles. The summed E-state index contributed by atoms with van der Waals surface area (Å²) in [7, 11) is 0. The summed E-state index contributed by atoms with van der Waals surface area (Å²) < 4.78 is 1.94. The highest BCUT2D eigenvalue weighted by Gasteiger charge is 2.16. The summed E-state index contributed by atoms with van der Waals surface area (Å²) >= 11 is 1.60. The molecule has 0 atom stereocenters. The second-order valence-electron chi connectivity index (χ2n) is 3.51. The third-order valence-corrected chi connectivity index (χ3v) is 3.39. The summed E-state index contributed by atoms with van der Waals surface area (Å²) in [5.74, 6) is 0. The van der Waals surface area contributed by atoms with Crippen molar-refractivity contribution < 1.29 is 0 Å². The predicted octanol–water partition coefficient (Wildman–Crippen LogP) is 1.91. The molecule has 0 amide bonds. The third kappa shape index (κ3) is 1.76. The Labute approximate surface area is 99.1 Å². The van der Waals surface area contributed by atoms with Crippen LogP contribution < -0.4 is 5.73 Å². The smallest absolute Gasteiger partial charge is 0.210 e. The summed E-state index contributed by atoms with van der Waals surface area (Å²) in [6.07, 6.45) is 3.64. The minimum atomic E-state index is 0.553. The van der Waals surface area contributed by atoms with E-state index in [2.05, 4.69) is 23.9 Å². The molecule has 0 saturated heterocycles. The normalized spacial score (nSPS) is 10.9. The Balaban J connectivity index is 2.57. The lowest BCUT2D eigenvalue weighted by molar-refractivity contribution is 0.786. The van der Waals surface area contributed by atoms with E-state index in [9.17, 15) is 0 Å². The van der Waals surface area contributed by atoms with E-state index in [1.807, 2.05) is 10.1 Å². The van der Waals surface area contributed by atoms with E-state index in [0.717, 1.165) is 23.7 Å². The van der Waals surface area contributed by atoms with Gasteiger partial charge >= 0.3 is 0 Å². The summed E-state index contributed by atoms with van der Waals surface area (Å²) in [5.41, 5.74) is 9.26. The van der Waals surface area contributed by atoms with Crippen molar-refractivity contribution in [3.8, 4) is 5.13 Å². The zero-order valence-electron chi connectivity index (χ0n) is 9.60. The van der Waals surface area contributed by atoms with Gasteiger partial charge in [0.25, 0.3) is 0 Å². The summed E-state index contributed by atoms with van der Waals surface area (Å²) in [6, 6.07) is 0. The fourth-order valence-electron chi connectivity index (χ4n) is 1.90. The number of aromatic nitrogens is 3. The highest BCUT2D eigenvalue weighted by atomic mass is 32.1. The van der Waals surface area contributed by atoms with Crippen LogP contribution in [0.1, 0.15) is 30.8 Å². The molecule has 2 N–H and O–H groups in total. The van der Waals surface area contributed by atoms with Crippen LogP contribution in [0.4, 0.5) is 0 Å². The summed E-state index contributed by atoms with van der Waals surface area (Å²) in [5, 5.41) is 7.48. The molecule has 5 heteroatoms. The van der Waals surface area contributed by atoms with Gasteiger partial charge in [0.15, 0.2) is 0 Å². The van der Waals surface area contributed by atoms with Crippen molar-refractivity contribution >= 4 is 11.3 Å². The Morgan fingerprint density at radius 1 is 1.38 bits per heavy atom. The van der Waals surface area contributed by atoms with Crippen molar-refractivity contribution in [2.75, 3.05) is 0 Å². The van der Waals surface area contributed by atoms with Gasteiger partial charge in [-0.15, -0.1) is 11.3 Å². The van der Waals surface area contributed by atoms with Crippen molar-refractivity contribution in [3.63, 3.8) is 0 Å². The predicted molar refractivity (Wildman–Crippen MR) is 65.9 cm³/mol. The highest BCUT2D eigenvalue weighted by Crippen LogP contribution is 2.21. The largest absolute Gasteiger partial charge is 0.326 e. The molecule has 16 heavy (non-hydrogen) atoms. The Morgan fingerprint density at radius 2 is 2.19 bits per heavy atom. The molecule has 2 aromatic heterocycles. The fourth-order valence-corrected chi connectivity index (χ4v) is 2.51. The van der Waals surface area contributed by atoms with Crippen LogP contribution in [0.2, 0.25) is 0 Å². The first-order valence-electron chi connectivity index (χ1n) is 5.51. The number of hydrogen-bond donors (Lipinski definition) is 1. The van der Waals surface area contributed by atoms with Gasteiger partial charge < -0.3 is 5.73 Å². The van der Waals surface area contributed by atoms with Gasteiger partial charge in [0.05, 0.1) is 11.4 Å². The van der Waals surface area contributed by atoms with E-state index < -0.39 is 0 Å². The van der Waals surface area contributed by atoms with Crippen LogP contribution in [-0.4, -0.2) is 14.8 Å². The average molecular weight is 236 g/mol. The second-order valence-corrected chi connectivity index (χ2v) is 4.38. The highest BCUT2D eigenvalue weighted by molar-refractivity contribution is 7.12. The van der Waals surface area contributed by atoms with Crippen LogP contribution in [0.3, 0.4) is 0 Å². The van der Waals surface area contributed by atoms with Gasteiger partial charge in [0.2, 0.25) is 5.13 Å². The Kier molecular flexibility index (Phi) is 3.36. The topological polar surface area (TPSA) is 56.7 Å². The molecule has 0 aliphatic carbocycles. The van der Waals surface area contributed by atoms with E-state index in [0.29, 0.717) is 6.54 Å². The molecule has 0 saturated carbocycles. The Bertz CT molecular complexity index is 459. The van der Waals surface area contributed by atoms with Gasteiger partial charge in [-0.1, -0.05) is 13.8 Å². The first-order valence-corrected chi connectivity index (χ1v) is 6.39. The molecule has 2 rings (SSSR count). The summed E-state index contributed by atoms with van der Waals surface area (Å²) in [6.45, 7) is 4.78. The molecular weight excluding hydrogens is 220 g/mol. The molecular formula is C11H16N4S. The van der Waals surface area contributed by atoms with Crippen molar-refractivity contribution in [2.24, 2.45) is 5.73 Å². The molecule has 0 aromatic carbocycles. The monoisotopic (exact) mass is 236 g/mol. The van der Waals surface area contributed by atoms with Crippen molar-refractivity contribution in [2.45, 2.75) is 33.2 Å². The molecule has 4 nitrogen and oxygen atoms in total. The number of rotatable bonds is 4. The zero-order valence-corrected chi connectivity index (χ0v) is 10.4. The number of hydrogen-bond acceptors (Lipinski definition) is 4. The van der Waals surface area contributed by atoms with Crippen LogP contribution in [0.5, 0.6) is 0 Å². The Morgan fingerprint density at radius 3 is 2.69 bits per heavy atom. The molecule has 86 valence electrons. The lowest BCUT2D eigenvalue weighted by Gasteiger charge is -2.02. The van der Waals surface area contributed by atoms with Gasteiger partial charge in [0, 0.05) is 23.7 Å². The maximum Gasteiger partial charge on any atom is 0.210 e. The lowest BCUT2D eigenvalue weighted by Crippen LogP contribution is -2.04. The molecule has 0 aliphatic heterocycles. The fraction of sp³-hybridized carbons (Fsp3) is 0.455. The average Bonchev–Trinajstić information content (AvgIpc) is 2.94. The molecule has 2 aromatic rings. The maximum absolute atomic E-state index is 5.80. The lowest BCUT2D eigenvalue weighted by atomic mass is 10.1. The van der Waals surface area contributed by atoms with Crippen LogP contribution in [-0.2, 0) is 19.4 Å². The van der Waals surface area contributed by atoms with Gasteiger partial charge in [-0.2, -0.15) is 5.10 Å².